The Balaban J connectivity index is 1.88. The first kappa shape index (κ1) is 15.5. The minimum Gasteiger partial charge on any atom is -0.455 e. The number of rotatable bonds is 4. The molecule has 0 fully saturated rings. The molecule has 0 atom stereocenters. The van der Waals surface area contributed by atoms with E-state index in [1.807, 2.05) is 30.3 Å². The van der Waals surface area contributed by atoms with Crippen LogP contribution in [0.3, 0.4) is 0 Å². The van der Waals surface area contributed by atoms with Gasteiger partial charge in [-0.05, 0) is 54.6 Å². The van der Waals surface area contributed by atoms with Gasteiger partial charge in [0, 0.05) is 10.0 Å². The van der Waals surface area contributed by atoms with Crippen LogP contribution in [0.5, 0.6) is 11.5 Å². The molecule has 3 aromatic carbocycles. The summed E-state index contributed by atoms with van der Waals surface area (Å²) >= 11 is 11.9. The van der Waals surface area contributed by atoms with E-state index < -0.39 is 0 Å². The van der Waals surface area contributed by atoms with E-state index in [1.54, 1.807) is 42.5 Å². The second-order valence-corrected chi connectivity index (χ2v) is 5.58. The molecule has 3 aromatic rings. The van der Waals surface area contributed by atoms with E-state index in [1.165, 1.54) is 0 Å². The number of hydrogen-bond acceptors (Lipinski definition) is 3. The molecule has 0 heterocycles. The number of azo groups is 1. The zero-order valence-corrected chi connectivity index (χ0v) is 13.5. The van der Waals surface area contributed by atoms with Crippen LogP contribution in [-0.2, 0) is 0 Å². The Bertz CT molecular complexity index is 818. The highest BCUT2D eigenvalue weighted by molar-refractivity contribution is 6.31. The minimum absolute atomic E-state index is 0.552. The topological polar surface area (TPSA) is 34.0 Å². The summed E-state index contributed by atoms with van der Waals surface area (Å²) in [6.07, 6.45) is 0. The fourth-order valence-corrected chi connectivity index (χ4v) is 2.18. The van der Waals surface area contributed by atoms with Crippen LogP contribution in [0.2, 0.25) is 10.0 Å². The van der Waals surface area contributed by atoms with Crippen LogP contribution in [0.25, 0.3) is 0 Å². The van der Waals surface area contributed by atoms with Crippen LogP contribution in [0.15, 0.2) is 83.0 Å². The third-order valence-corrected chi connectivity index (χ3v) is 3.48. The molecule has 0 aliphatic carbocycles. The average molecular weight is 343 g/mol. The summed E-state index contributed by atoms with van der Waals surface area (Å²) < 4.78 is 5.84. The van der Waals surface area contributed by atoms with E-state index in [9.17, 15) is 0 Å². The predicted octanol–water partition coefficient (Wildman–Crippen LogP) is 7.20. The summed E-state index contributed by atoms with van der Waals surface area (Å²) in [6, 6.07) is 21.8. The van der Waals surface area contributed by atoms with Crippen molar-refractivity contribution in [3.05, 3.63) is 82.8 Å². The highest BCUT2D eigenvalue weighted by atomic mass is 35.5. The Morgan fingerprint density at radius 2 is 1.39 bits per heavy atom. The van der Waals surface area contributed by atoms with Crippen LogP contribution in [0, 0.1) is 0 Å². The van der Waals surface area contributed by atoms with Crippen LogP contribution >= 0.6 is 23.2 Å². The zero-order chi connectivity index (χ0) is 16.1. The van der Waals surface area contributed by atoms with Crippen molar-refractivity contribution < 1.29 is 4.74 Å². The lowest BCUT2D eigenvalue weighted by atomic mass is 10.3. The molecule has 3 rings (SSSR count). The van der Waals surface area contributed by atoms with Gasteiger partial charge in [0.25, 0.3) is 0 Å². The number of benzene rings is 3. The summed E-state index contributed by atoms with van der Waals surface area (Å²) in [7, 11) is 0. The second-order valence-electron chi connectivity index (χ2n) is 4.70. The Labute approximate surface area is 144 Å². The fraction of sp³-hybridized carbons (Fsp3) is 0. The van der Waals surface area contributed by atoms with Crippen molar-refractivity contribution in [2.75, 3.05) is 0 Å². The maximum absolute atomic E-state index is 6.05. The van der Waals surface area contributed by atoms with Crippen molar-refractivity contribution in [2.45, 2.75) is 0 Å². The van der Waals surface area contributed by atoms with Gasteiger partial charge in [-0.2, -0.15) is 5.11 Å². The largest absolute Gasteiger partial charge is 0.455 e. The first-order valence-corrected chi connectivity index (χ1v) is 7.66. The van der Waals surface area contributed by atoms with Crippen molar-refractivity contribution in [3.8, 4) is 11.5 Å². The smallest absolute Gasteiger partial charge is 0.155 e. The molecule has 23 heavy (non-hydrogen) atoms. The van der Waals surface area contributed by atoms with Crippen LogP contribution in [0.4, 0.5) is 11.4 Å². The van der Waals surface area contributed by atoms with Crippen molar-refractivity contribution >= 4 is 34.6 Å². The first-order chi connectivity index (χ1) is 11.2. The standard InChI is InChI=1S/C18H12Cl2N2O/c19-13-6-9-16(10-7-13)23-18-11-8-14(20)12-17(18)22-21-15-4-2-1-3-5-15/h1-12H. The van der Waals surface area contributed by atoms with E-state index in [0.717, 1.165) is 5.69 Å². The van der Waals surface area contributed by atoms with E-state index in [4.69, 9.17) is 27.9 Å². The lowest BCUT2D eigenvalue weighted by molar-refractivity contribution is 0.483. The molecule has 0 saturated carbocycles. The van der Waals surface area contributed by atoms with E-state index in [-0.39, 0.29) is 0 Å². The van der Waals surface area contributed by atoms with Crippen LogP contribution in [-0.4, -0.2) is 0 Å². The van der Waals surface area contributed by atoms with E-state index in [2.05, 4.69) is 10.2 Å². The Kier molecular flexibility index (Phi) is 4.91. The Morgan fingerprint density at radius 3 is 2.13 bits per heavy atom. The number of nitrogens with zero attached hydrogens (tertiary/aromatic N) is 2. The Hall–Kier alpha value is -2.36. The number of ether oxygens (including phenoxy) is 1. The lowest BCUT2D eigenvalue weighted by Gasteiger charge is -2.08. The van der Waals surface area contributed by atoms with Gasteiger partial charge in [0.1, 0.15) is 11.4 Å². The maximum Gasteiger partial charge on any atom is 0.155 e. The lowest BCUT2D eigenvalue weighted by Crippen LogP contribution is -1.84. The molecular weight excluding hydrogens is 331 g/mol. The molecule has 5 heteroatoms. The molecule has 0 unspecified atom stereocenters. The molecule has 0 aliphatic heterocycles. The molecule has 0 aromatic heterocycles. The molecule has 0 spiro atoms. The van der Waals surface area contributed by atoms with Gasteiger partial charge in [-0.1, -0.05) is 41.4 Å². The highest BCUT2D eigenvalue weighted by Gasteiger charge is 2.06. The zero-order valence-electron chi connectivity index (χ0n) is 12.0. The monoisotopic (exact) mass is 342 g/mol. The summed E-state index contributed by atoms with van der Waals surface area (Å²) in [6.45, 7) is 0. The van der Waals surface area contributed by atoms with Crippen LogP contribution < -0.4 is 4.74 Å². The quantitative estimate of drug-likeness (QED) is 0.461. The molecule has 3 nitrogen and oxygen atoms in total. The van der Waals surface area contributed by atoms with Gasteiger partial charge in [0.2, 0.25) is 0 Å². The first-order valence-electron chi connectivity index (χ1n) is 6.90. The summed E-state index contributed by atoms with van der Waals surface area (Å²) in [5.74, 6) is 1.23. The Morgan fingerprint density at radius 1 is 0.696 bits per heavy atom. The minimum atomic E-state index is 0.552. The van der Waals surface area contributed by atoms with Crippen molar-refractivity contribution in [2.24, 2.45) is 10.2 Å². The van der Waals surface area contributed by atoms with Crippen molar-refractivity contribution in [3.63, 3.8) is 0 Å². The average Bonchev–Trinajstić information content (AvgIpc) is 2.58. The molecule has 114 valence electrons. The molecule has 0 N–H and O–H groups in total. The molecule has 0 radical (unpaired) electrons. The van der Waals surface area contributed by atoms with Gasteiger partial charge in [-0.3, -0.25) is 0 Å². The second kappa shape index (κ2) is 7.27. The molecule has 0 aliphatic rings. The normalized spacial score (nSPS) is 10.9. The molecule has 0 bridgehead atoms. The van der Waals surface area contributed by atoms with Gasteiger partial charge < -0.3 is 4.74 Å². The fourth-order valence-electron chi connectivity index (χ4n) is 1.89. The molecular formula is C18H12Cl2N2O. The third-order valence-electron chi connectivity index (χ3n) is 2.99. The summed E-state index contributed by atoms with van der Waals surface area (Å²) in [5.41, 5.74) is 1.31. The van der Waals surface area contributed by atoms with Gasteiger partial charge in [0.15, 0.2) is 5.75 Å². The maximum atomic E-state index is 6.05. The van der Waals surface area contributed by atoms with Gasteiger partial charge >= 0.3 is 0 Å². The SMILES string of the molecule is Clc1ccc(Oc2ccc(Cl)cc2N=Nc2ccccc2)cc1. The molecule has 0 saturated heterocycles. The number of hydrogen-bond donors (Lipinski definition) is 0. The third kappa shape index (κ3) is 4.31. The van der Waals surface area contributed by atoms with Crippen molar-refractivity contribution in [1.82, 2.24) is 0 Å². The van der Waals surface area contributed by atoms with Gasteiger partial charge in [-0.25, -0.2) is 0 Å². The predicted molar refractivity (Wildman–Crippen MR) is 93.6 cm³/mol. The van der Waals surface area contributed by atoms with Crippen molar-refractivity contribution in [1.29, 1.82) is 0 Å². The van der Waals surface area contributed by atoms with Crippen LogP contribution in [0.1, 0.15) is 0 Å². The van der Waals surface area contributed by atoms with E-state index >= 15 is 0 Å². The summed E-state index contributed by atoms with van der Waals surface area (Å²) in [5, 5.41) is 9.66. The summed E-state index contributed by atoms with van der Waals surface area (Å²) in [4.78, 5) is 0. The highest BCUT2D eigenvalue weighted by Crippen LogP contribution is 2.35. The van der Waals surface area contributed by atoms with Gasteiger partial charge in [-0.15, -0.1) is 5.11 Å². The van der Waals surface area contributed by atoms with Gasteiger partial charge in [0.05, 0.1) is 5.69 Å². The number of halogens is 2. The van der Waals surface area contributed by atoms with E-state index in [0.29, 0.717) is 27.2 Å². The molecule has 0 amide bonds.